The summed E-state index contributed by atoms with van der Waals surface area (Å²) >= 11 is 0. The molecule has 0 radical (unpaired) electrons. The molecule has 0 atom stereocenters. The van der Waals surface area contributed by atoms with Crippen LogP contribution in [-0.2, 0) is 0 Å². The fraction of sp³-hybridized carbons (Fsp3) is 0.357. The van der Waals surface area contributed by atoms with Gasteiger partial charge in [-0.15, -0.1) is 0 Å². The normalized spacial score (nSPS) is 15.5. The first-order valence-corrected chi connectivity index (χ1v) is 6.83. The molecule has 7 heteroatoms. The van der Waals surface area contributed by atoms with Crippen LogP contribution in [0.25, 0.3) is 5.69 Å². The largest absolute Gasteiger partial charge is 0.396 e. The third kappa shape index (κ3) is 3.19. The zero-order valence-electron chi connectivity index (χ0n) is 11.5. The number of carbonyl (C=O) groups is 1. The van der Waals surface area contributed by atoms with Gasteiger partial charge in [0.15, 0.2) is 0 Å². The maximum Gasteiger partial charge on any atom is 0.319 e. The molecule has 3 rings (SSSR count). The van der Waals surface area contributed by atoms with Crippen LogP contribution in [0.1, 0.15) is 12.8 Å². The minimum atomic E-state index is -0.264. The molecule has 0 aliphatic heterocycles. The van der Waals surface area contributed by atoms with Gasteiger partial charge in [0.05, 0.1) is 24.7 Å². The van der Waals surface area contributed by atoms with Crippen molar-refractivity contribution in [3.8, 4) is 5.69 Å². The molecule has 0 saturated heterocycles. The second kappa shape index (κ2) is 5.53. The second-order valence-corrected chi connectivity index (χ2v) is 5.33. The van der Waals surface area contributed by atoms with Gasteiger partial charge >= 0.3 is 6.03 Å². The van der Waals surface area contributed by atoms with Crippen molar-refractivity contribution in [1.29, 1.82) is 0 Å². The smallest absolute Gasteiger partial charge is 0.319 e. The first kappa shape index (κ1) is 13.6. The number of nitrogens with zero attached hydrogens (tertiary/aromatic N) is 3. The zero-order chi connectivity index (χ0) is 14.7. The van der Waals surface area contributed by atoms with E-state index in [0.717, 1.165) is 18.5 Å². The van der Waals surface area contributed by atoms with E-state index in [1.54, 1.807) is 24.5 Å². The second-order valence-electron chi connectivity index (χ2n) is 5.33. The Balaban J connectivity index is 1.54. The summed E-state index contributed by atoms with van der Waals surface area (Å²) in [6.07, 6.45) is 5.15. The number of amides is 2. The Hall–Kier alpha value is -2.41. The molecule has 1 aromatic heterocycles. The minimum Gasteiger partial charge on any atom is -0.396 e. The number of carbonyl (C=O) groups excluding carboxylic acids is 1. The van der Waals surface area contributed by atoms with Crippen LogP contribution in [0.15, 0.2) is 36.7 Å². The highest BCUT2D eigenvalue weighted by Gasteiger charge is 2.42. The van der Waals surface area contributed by atoms with Crippen molar-refractivity contribution in [1.82, 2.24) is 20.3 Å². The molecule has 2 amide bonds. The third-order valence-electron chi connectivity index (χ3n) is 3.69. The van der Waals surface area contributed by atoms with Gasteiger partial charge in [-0.25, -0.2) is 4.79 Å². The van der Waals surface area contributed by atoms with E-state index in [-0.39, 0.29) is 18.1 Å². The van der Waals surface area contributed by atoms with Crippen molar-refractivity contribution in [2.24, 2.45) is 5.41 Å². The number of benzene rings is 1. The summed E-state index contributed by atoms with van der Waals surface area (Å²) in [6.45, 7) is 0.628. The van der Waals surface area contributed by atoms with Crippen molar-refractivity contribution < 1.29 is 9.90 Å². The molecule has 1 aliphatic carbocycles. The molecular formula is C14H17N5O2. The average Bonchev–Trinajstić information content (AvgIpc) is 3.09. The maximum absolute atomic E-state index is 11.8. The van der Waals surface area contributed by atoms with Gasteiger partial charge in [0.25, 0.3) is 0 Å². The Labute approximate surface area is 122 Å². The molecule has 2 aromatic rings. The lowest BCUT2D eigenvalue weighted by Gasteiger charge is -2.13. The molecular weight excluding hydrogens is 270 g/mol. The Morgan fingerprint density at radius 3 is 2.48 bits per heavy atom. The van der Waals surface area contributed by atoms with E-state index in [2.05, 4.69) is 20.8 Å². The predicted octanol–water partition coefficient (Wildman–Crippen LogP) is 1.16. The van der Waals surface area contributed by atoms with Crippen LogP contribution in [0.3, 0.4) is 0 Å². The number of aromatic nitrogens is 3. The number of nitrogens with one attached hydrogen (secondary N) is 2. The van der Waals surface area contributed by atoms with Gasteiger partial charge in [0.2, 0.25) is 0 Å². The first-order valence-electron chi connectivity index (χ1n) is 6.83. The maximum atomic E-state index is 11.8. The monoisotopic (exact) mass is 287 g/mol. The molecule has 0 unspecified atom stereocenters. The molecule has 1 aromatic carbocycles. The number of hydrogen-bond acceptors (Lipinski definition) is 4. The summed E-state index contributed by atoms with van der Waals surface area (Å²) in [4.78, 5) is 13.3. The van der Waals surface area contributed by atoms with E-state index in [9.17, 15) is 9.90 Å². The van der Waals surface area contributed by atoms with Crippen LogP contribution >= 0.6 is 0 Å². The molecule has 0 bridgehead atoms. The third-order valence-corrected chi connectivity index (χ3v) is 3.69. The number of anilines is 1. The van der Waals surface area contributed by atoms with Crippen LogP contribution in [0.5, 0.6) is 0 Å². The van der Waals surface area contributed by atoms with Gasteiger partial charge in [-0.2, -0.15) is 15.0 Å². The van der Waals surface area contributed by atoms with Crippen LogP contribution in [0.2, 0.25) is 0 Å². The molecule has 3 N–H and O–H groups in total. The molecule has 1 saturated carbocycles. The van der Waals surface area contributed by atoms with Gasteiger partial charge in [-0.05, 0) is 37.1 Å². The molecule has 0 spiro atoms. The molecule has 1 fully saturated rings. The van der Waals surface area contributed by atoms with E-state index < -0.39 is 0 Å². The lowest BCUT2D eigenvalue weighted by molar-refractivity contribution is 0.206. The van der Waals surface area contributed by atoms with Crippen molar-refractivity contribution in [2.45, 2.75) is 12.8 Å². The van der Waals surface area contributed by atoms with Gasteiger partial charge < -0.3 is 15.7 Å². The Morgan fingerprint density at radius 2 is 1.90 bits per heavy atom. The summed E-state index contributed by atoms with van der Waals surface area (Å²) in [7, 11) is 0. The van der Waals surface area contributed by atoms with E-state index in [4.69, 9.17) is 0 Å². The summed E-state index contributed by atoms with van der Waals surface area (Å²) < 4.78 is 0. The quantitative estimate of drug-likeness (QED) is 0.769. The van der Waals surface area contributed by atoms with E-state index in [1.165, 1.54) is 4.80 Å². The topological polar surface area (TPSA) is 92.1 Å². The van der Waals surface area contributed by atoms with Gasteiger partial charge in [-0.1, -0.05) is 0 Å². The van der Waals surface area contributed by atoms with Crippen LogP contribution in [0.4, 0.5) is 10.5 Å². The van der Waals surface area contributed by atoms with E-state index in [1.807, 2.05) is 12.1 Å². The number of rotatable bonds is 5. The van der Waals surface area contributed by atoms with Crippen molar-refractivity contribution in [2.75, 3.05) is 18.5 Å². The SMILES string of the molecule is O=C(NCC1(CO)CC1)Nc1ccc(-n2nccn2)cc1. The lowest BCUT2D eigenvalue weighted by atomic mass is 10.1. The Kier molecular flexibility index (Phi) is 3.57. The van der Waals surface area contributed by atoms with Crippen molar-refractivity contribution >= 4 is 11.7 Å². The van der Waals surface area contributed by atoms with Gasteiger partial charge in [0.1, 0.15) is 0 Å². The summed E-state index contributed by atoms with van der Waals surface area (Å²) in [5, 5.41) is 22.8. The summed E-state index contributed by atoms with van der Waals surface area (Å²) in [6, 6.07) is 6.96. The van der Waals surface area contributed by atoms with Crippen LogP contribution < -0.4 is 10.6 Å². The highest BCUT2D eigenvalue weighted by Crippen LogP contribution is 2.44. The summed E-state index contributed by atoms with van der Waals surface area (Å²) in [5.41, 5.74) is 1.42. The first-order chi connectivity index (χ1) is 10.2. The Bertz CT molecular complexity index is 605. The Morgan fingerprint density at radius 1 is 1.24 bits per heavy atom. The fourth-order valence-electron chi connectivity index (χ4n) is 2.04. The fourth-order valence-corrected chi connectivity index (χ4v) is 2.04. The molecule has 110 valence electrons. The molecule has 7 nitrogen and oxygen atoms in total. The number of aliphatic hydroxyl groups excluding tert-OH is 1. The van der Waals surface area contributed by atoms with Crippen LogP contribution in [0, 0.1) is 5.41 Å². The average molecular weight is 287 g/mol. The highest BCUT2D eigenvalue weighted by molar-refractivity contribution is 5.89. The number of urea groups is 1. The van der Waals surface area contributed by atoms with Crippen molar-refractivity contribution in [3.05, 3.63) is 36.7 Å². The zero-order valence-corrected chi connectivity index (χ0v) is 11.5. The standard InChI is InChI=1S/C14H17N5O2/c20-10-14(5-6-14)9-15-13(21)18-11-1-3-12(4-2-11)19-16-7-8-17-19/h1-4,7-8,20H,5-6,9-10H2,(H2,15,18,21). The molecule has 21 heavy (non-hydrogen) atoms. The molecule has 1 heterocycles. The molecule has 1 aliphatic rings. The minimum absolute atomic E-state index is 0.0903. The lowest BCUT2D eigenvalue weighted by Crippen LogP contribution is -2.35. The van der Waals surface area contributed by atoms with E-state index in [0.29, 0.717) is 12.2 Å². The van der Waals surface area contributed by atoms with Crippen molar-refractivity contribution in [3.63, 3.8) is 0 Å². The van der Waals surface area contributed by atoms with Gasteiger partial charge in [-0.3, -0.25) is 0 Å². The number of aliphatic hydroxyl groups is 1. The van der Waals surface area contributed by atoms with Crippen LogP contribution in [-0.4, -0.2) is 39.3 Å². The van der Waals surface area contributed by atoms with E-state index >= 15 is 0 Å². The predicted molar refractivity (Wildman–Crippen MR) is 77.1 cm³/mol. The van der Waals surface area contributed by atoms with Gasteiger partial charge in [0, 0.05) is 17.6 Å². The number of hydrogen-bond donors (Lipinski definition) is 3. The highest BCUT2D eigenvalue weighted by atomic mass is 16.3. The summed E-state index contributed by atoms with van der Waals surface area (Å²) in [5.74, 6) is 0.